The number of pyridine rings is 1. The first kappa shape index (κ1) is 25.6. The second-order valence-corrected chi connectivity index (χ2v) is 10.0. The van der Waals surface area contributed by atoms with Gasteiger partial charge in [-0.1, -0.05) is 29.8 Å². The van der Waals surface area contributed by atoms with E-state index in [0.29, 0.717) is 18.6 Å². The molecule has 4 rings (SSSR count). The van der Waals surface area contributed by atoms with Crippen LogP contribution in [0.5, 0.6) is 5.75 Å². The molecule has 0 bridgehead atoms. The average Bonchev–Trinajstić information content (AvgIpc) is 2.87. The molecule has 1 saturated heterocycles. The summed E-state index contributed by atoms with van der Waals surface area (Å²) < 4.78 is 18.9. The van der Waals surface area contributed by atoms with Gasteiger partial charge in [-0.25, -0.2) is 4.39 Å². The quantitative estimate of drug-likeness (QED) is 0.322. The van der Waals surface area contributed by atoms with Crippen LogP contribution in [-0.2, 0) is 0 Å². The van der Waals surface area contributed by atoms with Gasteiger partial charge in [-0.3, -0.25) is 14.8 Å². The molecule has 0 N–H and O–H groups in total. The van der Waals surface area contributed by atoms with E-state index in [0.717, 1.165) is 55.5 Å². The van der Waals surface area contributed by atoms with Crippen molar-refractivity contribution in [2.45, 2.75) is 38.8 Å². The zero-order chi connectivity index (χ0) is 24.6. The first-order chi connectivity index (χ1) is 17.0. The van der Waals surface area contributed by atoms with Crippen molar-refractivity contribution in [3.8, 4) is 5.75 Å². The standard InChI is InChI=1S/C29H35ClFN3O/c1-22(2)34(29(28-5-3-4-16-32-28)24-6-8-25(30)9-7-24)21-23-14-17-33(18-15-23)19-20-35-27-12-10-26(31)11-13-27/h3-13,16,22-23,29H,14-15,17-21H2,1-2H3/t29-/m1/s1. The van der Waals surface area contributed by atoms with E-state index in [1.807, 2.05) is 24.4 Å². The van der Waals surface area contributed by atoms with Crippen LogP contribution < -0.4 is 4.74 Å². The molecule has 1 fully saturated rings. The first-order valence-electron chi connectivity index (χ1n) is 12.5. The topological polar surface area (TPSA) is 28.6 Å². The van der Waals surface area contributed by atoms with E-state index in [4.69, 9.17) is 21.3 Å². The van der Waals surface area contributed by atoms with Crippen LogP contribution in [0.4, 0.5) is 4.39 Å². The third kappa shape index (κ3) is 7.26. The molecule has 0 saturated carbocycles. The van der Waals surface area contributed by atoms with Crippen molar-refractivity contribution in [1.29, 1.82) is 0 Å². The summed E-state index contributed by atoms with van der Waals surface area (Å²) in [6, 6.07) is 21.0. The van der Waals surface area contributed by atoms with Gasteiger partial charge in [-0.05, 0) is 99.8 Å². The molecule has 2 heterocycles. The molecule has 1 atom stereocenters. The number of hydrogen-bond donors (Lipinski definition) is 0. The van der Waals surface area contributed by atoms with E-state index in [-0.39, 0.29) is 11.9 Å². The summed E-state index contributed by atoms with van der Waals surface area (Å²) in [7, 11) is 0. The van der Waals surface area contributed by atoms with Gasteiger partial charge in [0.05, 0.1) is 11.7 Å². The summed E-state index contributed by atoms with van der Waals surface area (Å²) >= 11 is 6.19. The number of halogens is 2. The highest BCUT2D eigenvalue weighted by Crippen LogP contribution is 2.32. The number of piperidine rings is 1. The van der Waals surface area contributed by atoms with Gasteiger partial charge in [-0.15, -0.1) is 0 Å². The van der Waals surface area contributed by atoms with Gasteiger partial charge in [0, 0.05) is 30.4 Å². The molecule has 0 amide bonds. The van der Waals surface area contributed by atoms with Crippen molar-refractivity contribution in [1.82, 2.24) is 14.8 Å². The Balaban J connectivity index is 1.36. The highest BCUT2D eigenvalue weighted by molar-refractivity contribution is 6.30. The Hall–Kier alpha value is -2.47. The van der Waals surface area contributed by atoms with Crippen LogP contribution in [0.25, 0.3) is 0 Å². The van der Waals surface area contributed by atoms with Crippen molar-refractivity contribution in [2.24, 2.45) is 5.92 Å². The third-order valence-electron chi connectivity index (χ3n) is 6.81. The fourth-order valence-electron chi connectivity index (χ4n) is 4.84. The van der Waals surface area contributed by atoms with E-state index in [9.17, 15) is 4.39 Å². The monoisotopic (exact) mass is 495 g/mol. The van der Waals surface area contributed by atoms with Crippen LogP contribution in [-0.4, -0.2) is 53.6 Å². The SMILES string of the molecule is CC(C)N(CC1CCN(CCOc2ccc(F)cc2)CC1)[C@H](c1ccc(Cl)cc1)c1ccccn1. The molecule has 186 valence electrons. The molecule has 0 unspecified atom stereocenters. The molecule has 0 radical (unpaired) electrons. The highest BCUT2D eigenvalue weighted by Gasteiger charge is 2.29. The van der Waals surface area contributed by atoms with Crippen LogP contribution in [0.3, 0.4) is 0 Å². The molecular weight excluding hydrogens is 461 g/mol. The van der Waals surface area contributed by atoms with Crippen molar-refractivity contribution in [3.05, 3.63) is 95.0 Å². The van der Waals surface area contributed by atoms with E-state index in [2.05, 4.69) is 47.9 Å². The largest absolute Gasteiger partial charge is 0.492 e. The molecule has 2 aromatic carbocycles. The van der Waals surface area contributed by atoms with E-state index in [1.165, 1.54) is 17.7 Å². The maximum absolute atomic E-state index is 13.1. The normalized spacial score (nSPS) is 16.1. The van der Waals surface area contributed by atoms with E-state index < -0.39 is 0 Å². The highest BCUT2D eigenvalue weighted by atomic mass is 35.5. The molecule has 3 aromatic rings. The number of nitrogens with zero attached hydrogens (tertiary/aromatic N) is 3. The number of benzene rings is 2. The average molecular weight is 496 g/mol. The summed E-state index contributed by atoms with van der Waals surface area (Å²) in [4.78, 5) is 9.79. The lowest BCUT2D eigenvalue weighted by atomic mass is 9.93. The number of hydrogen-bond acceptors (Lipinski definition) is 4. The van der Waals surface area contributed by atoms with Gasteiger partial charge in [0.15, 0.2) is 0 Å². The minimum absolute atomic E-state index is 0.0932. The Bertz CT molecular complexity index is 1020. The molecule has 1 aliphatic heterocycles. The molecular formula is C29H35ClFN3O. The molecule has 1 aromatic heterocycles. The predicted molar refractivity (Wildman–Crippen MR) is 140 cm³/mol. The smallest absolute Gasteiger partial charge is 0.123 e. The zero-order valence-corrected chi connectivity index (χ0v) is 21.4. The van der Waals surface area contributed by atoms with Crippen LogP contribution in [0, 0.1) is 11.7 Å². The molecule has 1 aliphatic rings. The Morgan fingerprint density at radius 3 is 2.37 bits per heavy atom. The number of likely N-dealkylation sites (tertiary alicyclic amines) is 1. The van der Waals surface area contributed by atoms with Gasteiger partial charge >= 0.3 is 0 Å². The summed E-state index contributed by atoms with van der Waals surface area (Å²) in [5.74, 6) is 1.11. The second-order valence-electron chi connectivity index (χ2n) is 9.59. The molecule has 0 aliphatic carbocycles. The lowest BCUT2D eigenvalue weighted by Gasteiger charge is -2.40. The minimum atomic E-state index is -0.240. The molecule has 6 heteroatoms. The van der Waals surface area contributed by atoms with Gasteiger partial charge < -0.3 is 4.74 Å². The fourth-order valence-corrected chi connectivity index (χ4v) is 4.97. The lowest BCUT2D eigenvalue weighted by Crippen LogP contribution is -2.43. The van der Waals surface area contributed by atoms with Crippen LogP contribution in [0.1, 0.15) is 44.0 Å². The summed E-state index contributed by atoms with van der Waals surface area (Å²) in [5, 5.41) is 0.750. The second kappa shape index (κ2) is 12.5. The molecule has 0 spiro atoms. The molecule has 35 heavy (non-hydrogen) atoms. The van der Waals surface area contributed by atoms with Crippen molar-refractivity contribution in [2.75, 3.05) is 32.8 Å². The minimum Gasteiger partial charge on any atom is -0.492 e. The Labute approximate surface area is 213 Å². The van der Waals surface area contributed by atoms with Gasteiger partial charge in [-0.2, -0.15) is 0 Å². The van der Waals surface area contributed by atoms with E-state index >= 15 is 0 Å². The Kier molecular flexibility index (Phi) is 9.13. The van der Waals surface area contributed by atoms with Crippen LogP contribution >= 0.6 is 11.6 Å². The lowest BCUT2D eigenvalue weighted by molar-refractivity contribution is 0.0983. The van der Waals surface area contributed by atoms with Crippen LogP contribution in [0.2, 0.25) is 5.02 Å². The van der Waals surface area contributed by atoms with Crippen molar-refractivity contribution >= 4 is 11.6 Å². The van der Waals surface area contributed by atoms with Gasteiger partial charge in [0.25, 0.3) is 0 Å². The summed E-state index contributed by atoms with van der Waals surface area (Å²) in [6.07, 6.45) is 4.20. The third-order valence-corrected chi connectivity index (χ3v) is 7.07. The fraction of sp³-hybridized carbons (Fsp3) is 0.414. The Morgan fingerprint density at radius 1 is 1.03 bits per heavy atom. The number of aromatic nitrogens is 1. The van der Waals surface area contributed by atoms with Gasteiger partial charge in [0.1, 0.15) is 18.2 Å². The number of rotatable bonds is 10. The zero-order valence-electron chi connectivity index (χ0n) is 20.6. The van der Waals surface area contributed by atoms with Crippen molar-refractivity contribution in [3.63, 3.8) is 0 Å². The summed E-state index contributed by atoms with van der Waals surface area (Å²) in [5.41, 5.74) is 2.29. The first-order valence-corrected chi connectivity index (χ1v) is 12.9. The van der Waals surface area contributed by atoms with Crippen LogP contribution in [0.15, 0.2) is 72.9 Å². The predicted octanol–water partition coefficient (Wildman–Crippen LogP) is 6.46. The van der Waals surface area contributed by atoms with Gasteiger partial charge in [0.2, 0.25) is 0 Å². The molecule has 4 nitrogen and oxygen atoms in total. The summed E-state index contributed by atoms with van der Waals surface area (Å²) in [6.45, 7) is 9.21. The van der Waals surface area contributed by atoms with Crippen molar-refractivity contribution < 1.29 is 9.13 Å². The van der Waals surface area contributed by atoms with E-state index in [1.54, 1.807) is 12.1 Å². The maximum Gasteiger partial charge on any atom is 0.123 e. The Morgan fingerprint density at radius 2 is 1.74 bits per heavy atom. The number of ether oxygens (including phenoxy) is 1. The maximum atomic E-state index is 13.1.